The molecule has 2 atom stereocenters. The zero-order chi connectivity index (χ0) is 12.7. The van der Waals surface area contributed by atoms with E-state index in [1.54, 1.807) is 12.4 Å². The van der Waals surface area contributed by atoms with Gasteiger partial charge < -0.3 is 10.7 Å². The van der Waals surface area contributed by atoms with Crippen molar-refractivity contribution in [3.8, 4) is 0 Å². The zero-order valence-corrected chi connectivity index (χ0v) is 10.9. The SMILES string of the molecule is CC1CCCC(C)N1n1c(N)nc2cnccc21. The lowest BCUT2D eigenvalue weighted by Crippen LogP contribution is -2.51. The van der Waals surface area contributed by atoms with Crippen molar-refractivity contribution in [2.45, 2.75) is 45.2 Å². The van der Waals surface area contributed by atoms with Gasteiger partial charge in [-0.1, -0.05) is 0 Å². The Bertz CT molecular complexity index is 552. The van der Waals surface area contributed by atoms with Crippen LogP contribution in [0.15, 0.2) is 18.5 Å². The number of nitrogens with zero attached hydrogens (tertiary/aromatic N) is 4. The number of rotatable bonds is 1. The molecule has 5 nitrogen and oxygen atoms in total. The van der Waals surface area contributed by atoms with E-state index in [9.17, 15) is 0 Å². The van der Waals surface area contributed by atoms with Crippen LogP contribution in [0.5, 0.6) is 0 Å². The first kappa shape index (κ1) is 11.3. The van der Waals surface area contributed by atoms with Crippen molar-refractivity contribution in [3.63, 3.8) is 0 Å². The average molecular weight is 245 g/mol. The molecule has 18 heavy (non-hydrogen) atoms. The highest BCUT2D eigenvalue weighted by atomic mass is 15.6. The molecule has 3 heterocycles. The first-order valence-electron chi connectivity index (χ1n) is 6.55. The van der Waals surface area contributed by atoms with Gasteiger partial charge in [-0.15, -0.1) is 0 Å². The maximum atomic E-state index is 6.09. The van der Waals surface area contributed by atoms with Crippen LogP contribution >= 0.6 is 0 Å². The fourth-order valence-electron chi connectivity index (χ4n) is 2.98. The minimum atomic E-state index is 0.488. The third kappa shape index (κ3) is 1.62. The van der Waals surface area contributed by atoms with Gasteiger partial charge in [-0.3, -0.25) is 4.98 Å². The largest absolute Gasteiger partial charge is 0.368 e. The van der Waals surface area contributed by atoms with Crippen molar-refractivity contribution in [2.24, 2.45) is 0 Å². The Kier molecular flexibility index (Phi) is 2.61. The molecule has 0 spiro atoms. The molecule has 2 unspecified atom stereocenters. The molecule has 1 aliphatic heterocycles. The van der Waals surface area contributed by atoms with Crippen molar-refractivity contribution in [1.82, 2.24) is 14.6 Å². The number of piperidine rings is 1. The molecule has 0 aromatic carbocycles. The van der Waals surface area contributed by atoms with Crippen LogP contribution in [-0.2, 0) is 0 Å². The highest BCUT2D eigenvalue weighted by Gasteiger charge is 2.27. The predicted octanol–water partition coefficient (Wildman–Crippen LogP) is 1.91. The molecule has 3 rings (SSSR count). The van der Waals surface area contributed by atoms with Gasteiger partial charge in [-0.25, -0.2) is 9.66 Å². The monoisotopic (exact) mass is 245 g/mol. The lowest BCUT2D eigenvalue weighted by atomic mass is 10.00. The van der Waals surface area contributed by atoms with Crippen LogP contribution in [0.2, 0.25) is 0 Å². The highest BCUT2D eigenvalue weighted by molar-refractivity contribution is 5.77. The Morgan fingerprint density at radius 2 is 2.00 bits per heavy atom. The van der Waals surface area contributed by atoms with E-state index < -0.39 is 0 Å². The molecular formula is C13H19N5. The highest BCUT2D eigenvalue weighted by Crippen LogP contribution is 2.26. The van der Waals surface area contributed by atoms with Crippen molar-refractivity contribution < 1.29 is 0 Å². The average Bonchev–Trinajstić information content (AvgIpc) is 2.66. The molecule has 2 aromatic heterocycles. The Morgan fingerprint density at radius 3 is 2.72 bits per heavy atom. The van der Waals surface area contributed by atoms with Gasteiger partial charge in [0.2, 0.25) is 5.95 Å². The van der Waals surface area contributed by atoms with Crippen LogP contribution in [0, 0.1) is 0 Å². The molecule has 0 radical (unpaired) electrons. The van der Waals surface area contributed by atoms with E-state index >= 15 is 0 Å². The lowest BCUT2D eigenvalue weighted by molar-refractivity contribution is 0.343. The summed E-state index contributed by atoms with van der Waals surface area (Å²) in [5.74, 6) is 0.554. The van der Waals surface area contributed by atoms with Crippen molar-refractivity contribution >= 4 is 17.0 Å². The van der Waals surface area contributed by atoms with E-state index in [4.69, 9.17) is 5.73 Å². The van der Waals surface area contributed by atoms with Crippen LogP contribution in [-0.4, -0.2) is 26.7 Å². The van der Waals surface area contributed by atoms with E-state index in [0.29, 0.717) is 18.0 Å². The van der Waals surface area contributed by atoms with Crippen LogP contribution in [0.3, 0.4) is 0 Å². The minimum Gasteiger partial charge on any atom is -0.368 e. The second kappa shape index (κ2) is 4.15. The van der Waals surface area contributed by atoms with Crippen LogP contribution in [0.25, 0.3) is 11.0 Å². The summed E-state index contributed by atoms with van der Waals surface area (Å²) < 4.78 is 2.06. The quantitative estimate of drug-likeness (QED) is 0.833. The van der Waals surface area contributed by atoms with Gasteiger partial charge in [0.25, 0.3) is 0 Å². The molecule has 96 valence electrons. The normalized spacial score (nSPS) is 24.7. The summed E-state index contributed by atoms with van der Waals surface area (Å²) in [5, 5.41) is 2.36. The molecule has 2 aromatic rings. The second-order valence-electron chi connectivity index (χ2n) is 5.16. The summed E-state index contributed by atoms with van der Waals surface area (Å²) in [6.45, 7) is 4.50. The maximum Gasteiger partial charge on any atom is 0.220 e. The second-order valence-corrected chi connectivity index (χ2v) is 5.16. The summed E-state index contributed by atoms with van der Waals surface area (Å²) in [6.07, 6.45) is 7.25. The molecule has 1 fully saturated rings. The molecule has 2 N–H and O–H groups in total. The number of anilines is 1. The third-order valence-corrected chi connectivity index (χ3v) is 3.84. The van der Waals surface area contributed by atoms with Gasteiger partial charge in [0, 0.05) is 18.3 Å². The van der Waals surface area contributed by atoms with Crippen LogP contribution in [0.1, 0.15) is 33.1 Å². The van der Waals surface area contributed by atoms with Gasteiger partial charge in [0.15, 0.2) is 0 Å². The first-order chi connectivity index (χ1) is 8.68. The number of hydrogen-bond donors (Lipinski definition) is 1. The summed E-state index contributed by atoms with van der Waals surface area (Å²) >= 11 is 0. The molecular weight excluding hydrogens is 226 g/mol. The number of hydrogen-bond acceptors (Lipinski definition) is 4. The smallest absolute Gasteiger partial charge is 0.220 e. The Balaban J connectivity index is 2.15. The molecule has 0 saturated carbocycles. The zero-order valence-electron chi connectivity index (χ0n) is 10.9. The van der Waals surface area contributed by atoms with Gasteiger partial charge >= 0.3 is 0 Å². The van der Waals surface area contributed by atoms with Gasteiger partial charge in [-0.05, 0) is 39.2 Å². The third-order valence-electron chi connectivity index (χ3n) is 3.84. The topological polar surface area (TPSA) is 60.0 Å². The summed E-state index contributed by atoms with van der Waals surface area (Å²) in [5.41, 5.74) is 8.00. The number of aromatic nitrogens is 3. The van der Waals surface area contributed by atoms with Crippen molar-refractivity contribution in [3.05, 3.63) is 18.5 Å². The van der Waals surface area contributed by atoms with Crippen LogP contribution < -0.4 is 10.7 Å². The maximum absolute atomic E-state index is 6.09. The predicted molar refractivity (Wildman–Crippen MR) is 72.9 cm³/mol. The molecule has 0 amide bonds. The standard InChI is InChI=1S/C13H19N5/c1-9-4-3-5-10(2)17(9)18-12-6-7-15-8-11(12)16-13(18)14/h6-10H,3-5H2,1-2H3,(H2,14,16). The minimum absolute atomic E-state index is 0.488. The van der Waals surface area contributed by atoms with Crippen molar-refractivity contribution in [2.75, 3.05) is 10.7 Å². The van der Waals surface area contributed by atoms with Crippen molar-refractivity contribution in [1.29, 1.82) is 0 Å². The Hall–Kier alpha value is -1.78. The molecule has 1 saturated heterocycles. The number of fused-ring (bicyclic) bond motifs is 1. The lowest BCUT2D eigenvalue weighted by Gasteiger charge is -2.41. The molecule has 5 heteroatoms. The number of imidazole rings is 1. The van der Waals surface area contributed by atoms with Crippen LogP contribution in [0.4, 0.5) is 5.95 Å². The Labute approximate surface area is 107 Å². The first-order valence-corrected chi connectivity index (χ1v) is 6.55. The Morgan fingerprint density at radius 1 is 1.28 bits per heavy atom. The van der Waals surface area contributed by atoms with Gasteiger partial charge in [0.1, 0.15) is 5.52 Å². The van der Waals surface area contributed by atoms with E-state index in [0.717, 1.165) is 11.0 Å². The molecule has 0 aliphatic carbocycles. The molecule has 0 bridgehead atoms. The number of nitrogen functional groups attached to an aromatic ring is 1. The summed E-state index contributed by atoms with van der Waals surface area (Å²) in [4.78, 5) is 8.49. The summed E-state index contributed by atoms with van der Waals surface area (Å²) in [7, 11) is 0. The molecule has 1 aliphatic rings. The van der Waals surface area contributed by atoms with Gasteiger partial charge in [-0.2, -0.15) is 0 Å². The van der Waals surface area contributed by atoms with E-state index in [2.05, 4.69) is 33.5 Å². The number of pyridine rings is 1. The summed E-state index contributed by atoms with van der Waals surface area (Å²) in [6, 6.07) is 2.95. The van der Waals surface area contributed by atoms with E-state index in [-0.39, 0.29) is 0 Å². The fraction of sp³-hybridized carbons (Fsp3) is 0.538. The van der Waals surface area contributed by atoms with Gasteiger partial charge in [0.05, 0.1) is 11.7 Å². The number of nitrogens with two attached hydrogens (primary N) is 1. The fourth-order valence-corrected chi connectivity index (χ4v) is 2.98. The van der Waals surface area contributed by atoms with E-state index in [1.165, 1.54) is 19.3 Å². The van der Waals surface area contributed by atoms with E-state index in [1.807, 2.05) is 6.07 Å².